The van der Waals surface area contributed by atoms with E-state index >= 15 is 0 Å². The van der Waals surface area contributed by atoms with Crippen LogP contribution in [0, 0.1) is 6.92 Å². The number of anilines is 1. The van der Waals surface area contributed by atoms with Crippen molar-refractivity contribution < 1.29 is 0 Å². The van der Waals surface area contributed by atoms with E-state index in [9.17, 15) is 9.59 Å². The second-order valence-corrected chi connectivity index (χ2v) is 4.60. The fourth-order valence-corrected chi connectivity index (χ4v) is 1.93. The molecular formula is C13H22N2O2. The molecule has 0 fully saturated rings. The molecule has 0 saturated carbocycles. The molecule has 0 amide bonds. The number of hydrogen-bond acceptors (Lipinski definition) is 4. The first-order valence-corrected chi connectivity index (χ1v) is 6.30. The van der Waals surface area contributed by atoms with Crippen molar-refractivity contribution in [3.8, 4) is 0 Å². The van der Waals surface area contributed by atoms with Crippen molar-refractivity contribution in [2.45, 2.75) is 33.1 Å². The van der Waals surface area contributed by atoms with Gasteiger partial charge in [0.25, 0.3) is 0 Å². The van der Waals surface area contributed by atoms with Gasteiger partial charge in [-0.3, -0.25) is 9.59 Å². The molecule has 0 aromatic heterocycles. The highest BCUT2D eigenvalue weighted by atomic mass is 16.2. The van der Waals surface area contributed by atoms with Crippen LogP contribution in [0.2, 0.25) is 0 Å². The van der Waals surface area contributed by atoms with Crippen LogP contribution in [-0.4, -0.2) is 31.6 Å². The van der Waals surface area contributed by atoms with Gasteiger partial charge in [0.2, 0.25) is 10.9 Å². The van der Waals surface area contributed by atoms with Crippen LogP contribution in [0.25, 0.3) is 0 Å². The summed E-state index contributed by atoms with van der Waals surface area (Å²) in [6, 6.07) is 0. The van der Waals surface area contributed by atoms with Crippen LogP contribution in [0.15, 0.2) is 9.59 Å². The van der Waals surface area contributed by atoms with Gasteiger partial charge in [0.1, 0.15) is 0 Å². The van der Waals surface area contributed by atoms with Crippen molar-refractivity contribution >= 4 is 5.69 Å². The van der Waals surface area contributed by atoms with Crippen LogP contribution >= 0.6 is 0 Å². The van der Waals surface area contributed by atoms with Crippen molar-refractivity contribution in [2.75, 3.05) is 32.0 Å². The van der Waals surface area contributed by atoms with Gasteiger partial charge in [-0.1, -0.05) is 6.92 Å². The van der Waals surface area contributed by atoms with E-state index in [1.165, 1.54) is 6.42 Å². The Hall–Kier alpha value is -1.16. The zero-order chi connectivity index (χ0) is 12.8. The number of nitrogens with zero attached hydrogens (tertiary/aromatic N) is 1. The molecule has 96 valence electrons. The maximum Gasteiger partial charge on any atom is 0.249 e. The normalized spacial score (nSPS) is 11.3. The highest BCUT2D eigenvalue weighted by Gasteiger charge is 2.15. The van der Waals surface area contributed by atoms with Crippen molar-refractivity contribution in [3.63, 3.8) is 0 Å². The summed E-state index contributed by atoms with van der Waals surface area (Å²) < 4.78 is 0. The molecule has 17 heavy (non-hydrogen) atoms. The summed E-state index contributed by atoms with van der Waals surface area (Å²) in [5.41, 5.74) is 0.413. The van der Waals surface area contributed by atoms with Gasteiger partial charge in [0, 0.05) is 12.1 Å². The van der Waals surface area contributed by atoms with Gasteiger partial charge in [-0.05, 0) is 46.3 Å². The molecule has 0 saturated heterocycles. The minimum Gasteiger partial charge on any atom is -0.381 e. The number of rotatable bonds is 8. The van der Waals surface area contributed by atoms with Gasteiger partial charge in [-0.15, -0.1) is 0 Å². The third-order valence-electron chi connectivity index (χ3n) is 3.02. The average Bonchev–Trinajstić information content (AvgIpc) is 2.32. The summed E-state index contributed by atoms with van der Waals surface area (Å²) in [5, 5.41) is 3.05. The molecule has 0 spiro atoms. The first-order valence-electron chi connectivity index (χ1n) is 6.30. The van der Waals surface area contributed by atoms with Crippen molar-refractivity contribution in [1.82, 2.24) is 4.90 Å². The highest BCUT2D eigenvalue weighted by molar-refractivity contribution is 5.55. The number of unbranched alkanes of at least 4 members (excludes halogenated alkanes) is 1. The quantitative estimate of drug-likeness (QED) is 0.545. The fraction of sp³-hybridized carbons (Fsp3) is 0.692. The molecule has 1 aromatic rings. The smallest absolute Gasteiger partial charge is 0.249 e. The summed E-state index contributed by atoms with van der Waals surface area (Å²) >= 11 is 0. The Morgan fingerprint density at radius 1 is 1.12 bits per heavy atom. The Balaban J connectivity index is 2.14. The molecule has 0 aliphatic heterocycles. The van der Waals surface area contributed by atoms with E-state index < -0.39 is 0 Å². The van der Waals surface area contributed by atoms with E-state index in [4.69, 9.17) is 0 Å². The van der Waals surface area contributed by atoms with Gasteiger partial charge in [-0.25, -0.2) is 0 Å². The lowest BCUT2D eigenvalue weighted by Gasteiger charge is -2.15. The molecule has 0 radical (unpaired) electrons. The number of nitrogens with one attached hydrogen (secondary N) is 1. The average molecular weight is 238 g/mol. The Morgan fingerprint density at radius 2 is 1.82 bits per heavy atom. The van der Waals surface area contributed by atoms with E-state index in [0.717, 1.165) is 32.5 Å². The maximum atomic E-state index is 11.2. The molecule has 0 aliphatic rings. The SMILES string of the molecule is CCCN(C)CCCCNc1c(C)c(=O)c1=O. The van der Waals surface area contributed by atoms with Crippen LogP contribution < -0.4 is 16.2 Å². The van der Waals surface area contributed by atoms with Crippen molar-refractivity contribution in [3.05, 3.63) is 26.0 Å². The van der Waals surface area contributed by atoms with Crippen LogP contribution in [0.1, 0.15) is 31.7 Å². The summed E-state index contributed by atoms with van der Waals surface area (Å²) in [6.07, 6.45) is 3.31. The zero-order valence-electron chi connectivity index (χ0n) is 11.0. The van der Waals surface area contributed by atoms with Gasteiger partial charge < -0.3 is 10.2 Å². The predicted octanol–water partition coefficient (Wildman–Crippen LogP) is 1.12. The summed E-state index contributed by atoms with van der Waals surface area (Å²) in [6.45, 7) is 6.85. The second-order valence-electron chi connectivity index (χ2n) is 4.60. The first kappa shape index (κ1) is 13.9. The van der Waals surface area contributed by atoms with Gasteiger partial charge >= 0.3 is 0 Å². The molecule has 0 heterocycles. The minimum atomic E-state index is -0.356. The monoisotopic (exact) mass is 238 g/mol. The molecule has 1 aromatic carbocycles. The Bertz CT molecular complexity index is 419. The molecule has 0 bridgehead atoms. The highest BCUT2D eigenvalue weighted by Crippen LogP contribution is 2.05. The third kappa shape index (κ3) is 3.66. The zero-order valence-corrected chi connectivity index (χ0v) is 11.0. The molecule has 0 unspecified atom stereocenters. The van der Waals surface area contributed by atoms with Crippen LogP contribution in [-0.2, 0) is 0 Å². The first-order chi connectivity index (χ1) is 8.07. The third-order valence-corrected chi connectivity index (χ3v) is 3.02. The predicted molar refractivity (Wildman–Crippen MR) is 71.6 cm³/mol. The molecule has 1 rings (SSSR count). The van der Waals surface area contributed by atoms with Crippen LogP contribution in [0.3, 0.4) is 0 Å². The minimum absolute atomic E-state index is 0.338. The molecule has 4 heteroatoms. The Labute approximate surface area is 102 Å². The number of hydrogen-bond donors (Lipinski definition) is 1. The van der Waals surface area contributed by atoms with Gasteiger partial charge in [0.05, 0.1) is 5.69 Å². The Kier molecular flexibility index (Phi) is 5.35. The van der Waals surface area contributed by atoms with Crippen molar-refractivity contribution in [1.29, 1.82) is 0 Å². The fourth-order valence-electron chi connectivity index (χ4n) is 1.93. The Morgan fingerprint density at radius 3 is 2.41 bits per heavy atom. The van der Waals surface area contributed by atoms with E-state index in [1.54, 1.807) is 6.92 Å². The summed E-state index contributed by atoms with van der Waals surface area (Å²) in [5.74, 6) is 0. The maximum absolute atomic E-state index is 11.2. The topological polar surface area (TPSA) is 49.4 Å². The standard InChI is InChI=1S/C13H22N2O2/c1-4-8-15(3)9-6-5-7-14-11-10(2)12(16)13(11)17/h14H,4-9H2,1-3H3. The second kappa shape index (κ2) is 6.55. The van der Waals surface area contributed by atoms with E-state index in [-0.39, 0.29) is 10.9 Å². The summed E-state index contributed by atoms with van der Waals surface area (Å²) in [7, 11) is 2.12. The van der Waals surface area contributed by atoms with E-state index in [1.807, 2.05) is 0 Å². The molecule has 1 N–H and O–H groups in total. The van der Waals surface area contributed by atoms with Gasteiger partial charge in [-0.2, -0.15) is 0 Å². The van der Waals surface area contributed by atoms with Crippen molar-refractivity contribution in [2.24, 2.45) is 0 Å². The lowest BCUT2D eigenvalue weighted by atomic mass is 10.1. The molecular weight excluding hydrogens is 216 g/mol. The molecule has 4 nitrogen and oxygen atoms in total. The lowest BCUT2D eigenvalue weighted by molar-refractivity contribution is 0.328. The largest absolute Gasteiger partial charge is 0.381 e. The van der Waals surface area contributed by atoms with Gasteiger partial charge in [0.15, 0.2) is 0 Å². The van der Waals surface area contributed by atoms with Crippen LogP contribution in [0.4, 0.5) is 5.69 Å². The summed E-state index contributed by atoms with van der Waals surface area (Å²) in [4.78, 5) is 24.4. The lowest BCUT2D eigenvalue weighted by Crippen LogP contribution is -2.37. The molecule has 0 aliphatic carbocycles. The molecule has 0 atom stereocenters. The van der Waals surface area contributed by atoms with Crippen LogP contribution in [0.5, 0.6) is 0 Å². The van der Waals surface area contributed by atoms with E-state index in [0.29, 0.717) is 11.3 Å². The van der Waals surface area contributed by atoms with E-state index in [2.05, 4.69) is 24.2 Å².